The predicted molar refractivity (Wildman–Crippen MR) is 125 cm³/mol. The molecule has 0 saturated carbocycles. The van der Waals surface area contributed by atoms with Gasteiger partial charge in [-0.1, -0.05) is 6.07 Å². The van der Waals surface area contributed by atoms with Gasteiger partial charge >= 0.3 is 11.8 Å². The molecule has 1 fully saturated rings. The van der Waals surface area contributed by atoms with Crippen LogP contribution in [0.2, 0.25) is 0 Å². The summed E-state index contributed by atoms with van der Waals surface area (Å²) in [5.41, 5.74) is 3.60. The molecule has 1 aromatic carbocycles. The van der Waals surface area contributed by atoms with Crippen LogP contribution in [0.4, 0.5) is 11.4 Å². The first-order valence-electron chi connectivity index (χ1n) is 11.4. The fourth-order valence-electron chi connectivity index (χ4n) is 5.11. The van der Waals surface area contributed by atoms with Crippen molar-refractivity contribution in [3.63, 3.8) is 0 Å². The van der Waals surface area contributed by atoms with Crippen molar-refractivity contribution in [2.75, 3.05) is 42.9 Å². The van der Waals surface area contributed by atoms with E-state index in [2.05, 4.69) is 33.0 Å². The number of benzene rings is 1. The van der Waals surface area contributed by atoms with Gasteiger partial charge in [-0.25, -0.2) is 0 Å². The van der Waals surface area contributed by atoms with Gasteiger partial charge in [0.25, 0.3) is 0 Å². The van der Waals surface area contributed by atoms with E-state index < -0.39 is 11.8 Å². The van der Waals surface area contributed by atoms with E-state index in [9.17, 15) is 14.4 Å². The molecule has 3 amide bonds. The molecular formula is C24H28N4O3S. The van der Waals surface area contributed by atoms with Gasteiger partial charge < -0.3 is 20.4 Å². The van der Waals surface area contributed by atoms with Gasteiger partial charge in [0.05, 0.1) is 12.1 Å². The van der Waals surface area contributed by atoms with Crippen LogP contribution in [0.5, 0.6) is 0 Å². The van der Waals surface area contributed by atoms with Crippen molar-refractivity contribution >= 4 is 40.4 Å². The number of piperidine rings is 1. The molecular weight excluding hydrogens is 424 g/mol. The molecule has 5 rings (SSSR count). The van der Waals surface area contributed by atoms with Crippen molar-refractivity contribution in [1.29, 1.82) is 0 Å². The molecule has 168 valence electrons. The number of thiophene rings is 1. The van der Waals surface area contributed by atoms with E-state index >= 15 is 0 Å². The molecule has 2 aromatic rings. The first-order chi connectivity index (χ1) is 15.6. The lowest BCUT2D eigenvalue weighted by atomic mass is 9.95. The second kappa shape index (κ2) is 9.03. The number of likely N-dealkylation sites (tertiary alicyclic amines) is 1. The van der Waals surface area contributed by atoms with Crippen LogP contribution >= 0.6 is 11.3 Å². The van der Waals surface area contributed by atoms with Crippen molar-refractivity contribution in [3.8, 4) is 0 Å². The van der Waals surface area contributed by atoms with Gasteiger partial charge in [0.15, 0.2) is 0 Å². The maximum Gasteiger partial charge on any atom is 0.313 e. The molecule has 0 aliphatic carbocycles. The molecule has 4 heterocycles. The Balaban J connectivity index is 1.09. The Morgan fingerprint density at radius 3 is 2.69 bits per heavy atom. The first kappa shape index (κ1) is 21.2. The van der Waals surface area contributed by atoms with E-state index in [4.69, 9.17) is 0 Å². The Morgan fingerprint density at radius 1 is 1.09 bits per heavy atom. The number of nitrogens with zero attached hydrogens (tertiary/aromatic N) is 2. The number of anilines is 2. The van der Waals surface area contributed by atoms with Crippen molar-refractivity contribution in [2.45, 2.75) is 38.0 Å². The summed E-state index contributed by atoms with van der Waals surface area (Å²) >= 11 is 1.83. The summed E-state index contributed by atoms with van der Waals surface area (Å²) in [4.78, 5) is 42.5. The summed E-state index contributed by atoms with van der Waals surface area (Å²) in [5, 5.41) is 7.59. The molecule has 0 bridgehead atoms. The van der Waals surface area contributed by atoms with Gasteiger partial charge in [-0.3, -0.25) is 14.4 Å². The molecule has 2 N–H and O–H groups in total. The number of hydrogen-bond donors (Lipinski definition) is 2. The molecule has 0 radical (unpaired) electrons. The zero-order valence-corrected chi connectivity index (χ0v) is 18.9. The quantitative estimate of drug-likeness (QED) is 0.683. The SMILES string of the molecule is O=C(NCCN1CCC(c2cccs2)CC1)C(=O)Nc1cc2c3c(c1)CC(=O)N3CCC2. The highest BCUT2D eigenvalue weighted by Crippen LogP contribution is 2.38. The summed E-state index contributed by atoms with van der Waals surface area (Å²) in [7, 11) is 0. The third kappa shape index (κ3) is 4.29. The maximum absolute atomic E-state index is 12.4. The zero-order valence-electron chi connectivity index (χ0n) is 18.1. The predicted octanol–water partition coefficient (Wildman–Crippen LogP) is 2.52. The number of amides is 3. The topological polar surface area (TPSA) is 81.8 Å². The molecule has 3 aliphatic heterocycles. The van der Waals surface area contributed by atoms with E-state index in [1.54, 1.807) is 0 Å². The normalized spacial score (nSPS) is 18.5. The minimum Gasteiger partial charge on any atom is -0.347 e. The van der Waals surface area contributed by atoms with Crippen LogP contribution in [-0.4, -0.2) is 55.3 Å². The van der Waals surface area contributed by atoms with Crippen LogP contribution < -0.4 is 15.5 Å². The number of rotatable bonds is 5. The molecule has 8 heteroatoms. The monoisotopic (exact) mass is 452 g/mol. The summed E-state index contributed by atoms with van der Waals surface area (Å²) in [6, 6.07) is 8.05. The molecule has 0 spiro atoms. The fraction of sp³-hybridized carbons (Fsp3) is 0.458. The van der Waals surface area contributed by atoms with Gasteiger partial charge in [0, 0.05) is 30.2 Å². The van der Waals surface area contributed by atoms with Crippen LogP contribution in [0.3, 0.4) is 0 Å². The first-order valence-corrected chi connectivity index (χ1v) is 12.3. The smallest absolute Gasteiger partial charge is 0.313 e. The Hall–Kier alpha value is -2.71. The van der Waals surface area contributed by atoms with Crippen LogP contribution in [0, 0.1) is 0 Å². The molecule has 1 aromatic heterocycles. The minimum atomic E-state index is -0.662. The van der Waals surface area contributed by atoms with Crippen LogP contribution in [-0.2, 0) is 27.2 Å². The zero-order chi connectivity index (χ0) is 22.1. The average Bonchev–Trinajstić information content (AvgIpc) is 3.44. The lowest BCUT2D eigenvalue weighted by Gasteiger charge is -2.31. The standard InChI is InChI=1S/C24H28N4O3S/c29-21-15-18-14-19(13-17-3-1-8-28(21)22(17)18)26-24(31)23(30)25-7-11-27-9-5-16(6-10-27)20-4-2-12-32-20/h2,4,12-14,16H,1,3,5-11,15H2,(H,25,30)(H,26,31). The van der Waals surface area contributed by atoms with E-state index in [-0.39, 0.29) is 5.91 Å². The third-order valence-electron chi connectivity index (χ3n) is 6.72. The third-order valence-corrected chi connectivity index (χ3v) is 7.75. The van der Waals surface area contributed by atoms with Crippen molar-refractivity contribution in [2.24, 2.45) is 0 Å². The largest absolute Gasteiger partial charge is 0.347 e. The number of hydrogen-bond acceptors (Lipinski definition) is 5. The Bertz CT molecular complexity index is 1030. The molecule has 1 saturated heterocycles. The van der Waals surface area contributed by atoms with Gasteiger partial charge in [-0.15, -0.1) is 11.3 Å². The van der Waals surface area contributed by atoms with E-state index in [0.29, 0.717) is 24.6 Å². The maximum atomic E-state index is 12.4. The number of carbonyl (C=O) groups is 3. The number of aryl methyl sites for hydroxylation is 1. The summed E-state index contributed by atoms with van der Waals surface area (Å²) in [6.07, 6.45) is 4.43. The van der Waals surface area contributed by atoms with Gasteiger partial charge in [-0.2, -0.15) is 0 Å². The van der Waals surface area contributed by atoms with Crippen LogP contribution in [0.15, 0.2) is 29.6 Å². The lowest BCUT2D eigenvalue weighted by Crippen LogP contribution is -2.42. The molecule has 0 unspecified atom stereocenters. The van der Waals surface area contributed by atoms with Crippen molar-refractivity contribution in [1.82, 2.24) is 10.2 Å². The van der Waals surface area contributed by atoms with E-state index in [0.717, 1.165) is 68.7 Å². The highest BCUT2D eigenvalue weighted by Gasteiger charge is 2.32. The molecule has 0 atom stereocenters. The lowest BCUT2D eigenvalue weighted by molar-refractivity contribution is -0.136. The highest BCUT2D eigenvalue weighted by molar-refractivity contribution is 7.10. The number of nitrogens with one attached hydrogen (secondary N) is 2. The second-order valence-electron chi connectivity index (χ2n) is 8.81. The van der Waals surface area contributed by atoms with Crippen molar-refractivity contribution in [3.05, 3.63) is 45.6 Å². The van der Waals surface area contributed by atoms with Gasteiger partial charge in [-0.05, 0) is 79.4 Å². The van der Waals surface area contributed by atoms with E-state index in [1.807, 2.05) is 28.4 Å². The minimum absolute atomic E-state index is 0.113. The Morgan fingerprint density at radius 2 is 1.91 bits per heavy atom. The summed E-state index contributed by atoms with van der Waals surface area (Å²) in [5.74, 6) is -0.524. The van der Waals surface area contributed by atoms with Gasteiger partial charge in [0.1, 0.15) is 0 Å². The highest BCUT2D eigenvalue weighted by atomic mass is 32.1. The average molecular weight is 453 g/mol. The summed E-state index contributed by atoms with van der Waals surface area (Å²) < 4.78 is 0. The Kier molecular flexibility index (Phi) is 5.97. The summed E-state index contributed by atoms with van der Waals surface area (Å²) in [6.45, 7) is 3.99. The Labute approximate surface area is 191 Å². The van der Waals surface area contributed by atoms with Gasteiger partial charge in [0.2, 0.25) is 5.91 Å². The van der Waals surface area contributed by atoms with Crippen LogP contribution in [0.1, 0.15) is 41.2 Å². The van der Waals surface area contributed by atoms with Crippen LogP contribution in [0.25, 0.3) is 0 Å². The fourth-order valence-corrected chi connectivity index (χ4v) is 6.01. The van der Waals surface area contributed by atoms with E-state index in [1.165, 1.54) is 4.88 Å². The molecule has 3 aliphatic rings. The van der Waals surface area contributed by atoms with Crippen molar-refractivity contribution < 1.29 is 14.4 Å². The molecule has 32 heavy (non-hydrogen) atoms. The molecule has 7 nitrogen and oxygen atoms in total. The second-order valence-corrected chi connectivity index (χ2v) is 9.79. The number of carbonyl (C=O) groups excluding carboxylic acids is 3.